The second-order valence-corrected chi connectivity index (χ2v) is 2.61. The molecule has 9 heteroatoms. The molecular formula is C6H7N7O2. The van der Waals surface area contributed by atoms with Gasteiger partial charge in [0.25, 0.3) is 5.91 Å². The van der Waals surface area contributed by atoms with Crippen LogP contribution >= 0.6 is 0 Å². The number of carbonyl (C=O) groups excluding carboxylic acids is 1. The first-order valence-corrected chi connectivity index (χ1v) is 3.98. The molecule has 15 heavy (non-hydrogen) atoms. The zero-order valence-electron chi connectivity index (χ0n) is 7.47. The van der Waals surface area contributed by atoms with Crippen molar-refractivity contribution < 1.29 is 9.42 Å². The molecule has 78 valence electrons. The number of rotatable bonds is 3. The smallest absolute Gasteiger partial charge is 0.277 e. The fraction of sp³-hybridized carbons (Fsp3) is 0.167. The van der Waals surface area contributed by atoms with Gasteiger partial charge in [0.2, 0.25) is 11.5 Å². The summed E-state index contributed by atoms with van der Waals surface area (Å²) in [5.41, 5.74) is 5.28. The largest absolute Gasteiger partial charge is 0.379 e. The molecule has 0 aliphatic heterocycles. The summed E-state index contributed by atoms with van der Waals surface area (Å²) in [5, 5.41) is 15.3. The number of hydrogen-bond acceptors (Lipinski definition) is 7. The minimum atomic E-state index is -0.481. The summed E-state index contributed by atoms with van der Waals surface area (Å²) in [6, 6.07) is 0. The summed E-state index contributed by atoms with van der Waals surface area (Å²) in [4.78, 5) is 15.2. The summed E-state index contributed by atoms with van der Waals surface area (Å²) in [6.07, 6.45) is 1.34. The molecule has 4 N–H and O–H groups in total. The Kier molecular flexibility index (Phi) is 2.27. The van der Waals surface area contributed by atoms with Crippen LogP contribution in [0.3, 0.4) is 0 Å². The SMILES string of the molecule is Nc1nonc1C(=O)NCc1ncn[nH]1. The molecule has 0 spiro atoms. The predicted octanol–water partition coefficient (Wildman–Crippen LogP) is -1.30. The maximum absolute atomic E-state index is 11.4. The lowest BCUT2D eigenvalue weighted by Gasteiger charge is -1.98. The van der Waals surface area contributed by atoms with E-state index in [0.29, 0.717) is 5.82 Å². The Labute approximate surface area is 83.0 Å². The summed E-state index contributed by atoms with van der Waals surface area (Å²) < 4.78 is 4.28. The highest BCUT2D eigenvalue weighted by Gasteiger charge is 2.15. The molecule has 0 bridgehead atoms. The lowest BCUT2D eigenvalue weighted by atomic mass is 10.4. The third kappa shape index (κ3) is 1.90. The number of anilines is 1. The summed E-state index contributed by atoms with van der Waals surface area (Å²) in [6.45, 7) is 0.200. The van der Waals surface area contributed by atoms with E-state index in [-0.39, 0.29) is 18.1 Å². The Morgan fingerprint density at radius 2 is 2.47 bits per heavy atom. The van der Waals surface area contributed by atoms with Crippen LogP contribution in [-0.4, -0.2) is 31.4 Å². The van der Waals surface area contributed by atoms with Gasteiger partial charge in [-0.3, -0.25) is 9.89 Å². The number of nitrogens with one attached hydrogen (secondary N) is 2. The quantitative estimate of drug-likeness (QED) is 0.571. The number of hydrogen-bond donors (Lipinski definition) is 3. The van der Waals surface area contributed by atoms with Crippen LogP contribution in [0.5, 0.6) is 0 Å². The van der Waals surface area contributed by atoms with Gasteiger partial charge in [-0.25, -0.2) is 9.61 Å². The molecule has 9 nitrogen and oxygen atoms in total. The highest BCUT2D eigenvalue weighted by Crippen LogP contribution is 2.03. The first kappa shape index (κ1) is 9.12. The average Bonchev–Trinajstić information content (AvgIpc) is 2.84. The van der Waals surface area contributed by atoms with E-state index in [1.54, 1.807) is 0 Å². The number of nitrogen functional groups attached to an aromatic ring is 1. The van der Waals surface area contributed by atoms with Crippen LogP contribution in [-0.2, 0) is 6.54 Å². The van der Waals surface area contributed by atoms with E-state index < -0.39 is 5.91 Å². The molecular weight excluding hydrogens is 202 g/mol. The summed E-state index contributed by atoms with van der Waals surface area (Å²) in [5.74, 6) is -0.00593. The minimum Gasteiger partial charge on any atom is -0.379 e. The molecule has 2 rings (SSSR count). The van der Waals surface area contributed by atoms with Crippen LogP contribution < -0.4 is 11.1 Å². The van der Waals surface area contributed by atoms with Crippen LogP contribution in [0.4, 0.5) is 5.82 Å². The molecule has 0 aliphatic carbocycles. The van der Waals surface area contributed by atoms with E-state index >= 15 is 0 Å². The Hall–Kier alpha value is -2.45. The minimum absolute atomic E-state index is 0.0467. The van der Waals surface area contributed by atoms with Gasteiger partial charge in [0.1, 0.15) is 12.2 Å². The van der Waals surface area contributed by atoms with Crippen LogP contribution in [0, 0.1) is 0 Å². The second-order valence-electron chi connectivity index (χ2n) is 2.61. The number of aromatic nitrogens is 5. The molecule has 0 saturated heterocycles. The van der Waals surface area contributed by atoms with E-state index in [0.717, 1.165) is 0 Å². The van der Waals surface area contributed by atoms with Gasteiger partial charge in [0.15, 0.2) is 0 Å². The molecule has 2 aromatic rings. The van der Waals surface area contributed by atoms with Crippen LogP contribution in [0.15, 0.2) is 11.0 Å². The molecule has 0 aliphatic rings. The monoisotopic (exact) mass is 209 g/mol. The Morgan fingerprint density at radius 1 is 1.60 bits per heavy atom. The van der Waals surface area contributed by atoms with Crippen molar-refractivity contribution in [1.82, 2.24) is 30.8 Å². The number of nitrogens with two attached hydrogens (primary N) is 1. The van der Waals surface area contributed by atoms with Gasteiger partial charge in [-0.2, -0.15) is 5.10 Å². The van der Waals surface area contributed by atoms with Crippen molar-refractivity contribution in [2.75, 3.05) is 5.73 Å². The topological polar surface area (TPSA) is 136 Å². The molecule has 0 atom stereocenters. The molecule has 0 unspecified atom stereocenters. The molecule has 0 radical (unpaired) electrons. The van der Waals surface area contributed by atoms with E-state index in [4.69, 9.17) is 5.73 Å². The second kappa shape index (κ2) is 3.74. The highest BCUT2D eigenvalue weighted by atomic mass is 16.6. The molecule has 2 aromatic heterocycles. The van der Waals surface area contributed by atoms with Crippen molar-refractivity contribution in [2.24, 2.45) is 0 Å². The number of amides is 1. The van der Waals surface area contributed by atoms with Crippen LogP contribution in [0.25, 0.3) is 0 Å². The third-order valence-electron chi connectivity index (χ3n) is 1.61. The van der Waals surface area contributed by atoms with E-state index in [2.05, 4.69) is 35.4 Å². The fourth-order valence-electron chi connectivity index (χ4n) is 0.917. The van der Waals surface area contributed by atoms with Gasteiger partial charge in [-0.05, 0) is 10.3 Å². The van der Waals surface area contributed by atoms with Gasteiger partial charge in [0, 0.05) is 0 Å². The molecule has 1 amide bonds. The summed E-state index contributed by atoms with van der Waals surface area (Å²) >= 11 is 0. The van der Waals surface area contributed by atoms with Crippen molar-refractivity contribution in [3.05, 3.63) is 17.8 Å². The third-order valence-corrected chi connectivity index (χ3v) is 1.61. The van der Waals surface area contributed by atoms with Gasteiger partial charge < -0.3 is 11.1 Å². The molecule has 0 saturated carbocycles. The standard InChI is InChI=1S/C6H7N7O2/c7-5-4(12-15-13-5)6(14)8-1-3-9-2-10-11-3/h2H,1H2,(H2,7,13)(H,8,14)(H,9,10,11). The lowest BCUT2D eigenvalue weighted by molar-refractivity contribution is 0.0940. The van der Waals surface area contributed by atoms with E-state index in [9.17, 15) is 4.79 Å². The first-order chi connectivity index (χ1) is 7.27. The van der Waals surface area contributed by atoms with Crippen molar-refractivity contribution in [3.63, 3.8) is 0 Å². The average molecular weight is 209 g/mol. The van der Waals surface area contributed by atoms with Gasteiger partial charge in [0.05, 0.1) is 6.54 Å². The Balaban J connectivity index is 1.96. The summed E-state index contributed by atoms with van der Waals surface area (Å²) in [7, 11) is 0. The normalized spacial score (nSPS) is 10.1. The van der Waals surface area contributed by atoms with E-state index in [1.807, 2.05) is 0 Å². The number of carbonyl (C=O) groups is 1. The highest BCUT2D eigenvalue weighted by molar-refractivity contribution is 5.95. The number of H-pyrrole nitrogens is 1. The Morgan fingerprint density at radius 3 is 3.07 bits per heavy atom. The van der Waals surface area contributed by atoms with E-state index in [1.165, 1.54) is 6.33 Å². The zero-order valence-corrected chi connectivity index (χ0v) is 7.47. The van der Waals surface area contributed by atoms with Gasteiger partial charge in [-0.1, -0.05) is 0 Å². The zero-order chi connectivity index (χ0) is 10.7. The van der Waals surface area contributed by atoms with Crippen molar-refractivity contribution in [1.29, 1.82) is 0 Å². The van der Waals surface area contributed by atoms with Crippen molar-refractivity contribution in [3.8, 4) is 0 Å². The van der Waals surface area contributed by atoms with Crippen molar-refractivity contribution in [2.45, 2.75) is 6.54 Å². The van der Waals surface area contributed by atoms with Crippen LogP contribution in [0.1, 0.15) is 16.3 Å². The number of nitrogens with zero attached hydrogens (tertiary/aromatic N) is 4. The first-order valence-electron chi connectivity index (χ1n) is 3.98. The maximum Gasteiger partial charge on any atom is 0.277 e. The Bertz CT molecular complexity index is 448. The molecule has 2 heterocycles. The van der Waals surface area contributed by atoms with Crippen LogP contribution in [0.2, 0.25) is 0 Å². The fourth-order valence-corrected chi connectivity index (χ4v) is 0.917. The number of aromatic amines is 1. The predicted molar refractivity (Wildman–Crippen MR) is 46.3 cm³/mol. The maximum atomic E-state index is 11.4. The lowest BCUT2D eigenvalue weighted by Crippen LogP contribution is -2.24. The van der Waals surface area contributed by atoms with Crippen molar-refractivity contribution >= 4 is 11.7 Å². The van der Waals surface area contributed by atoms with Gasteiger partial charge >= 0.3 is 0 Å². The van der Waals surface area contributed by atoms with Gasteiger partial charge in [-0.15, -0.1) is 0 Å². The molecule has 0 aromatic carbocycles. The molecule has 0 fully saturated rings.